The minimum atomic E-state index is -0.373. The number of hydrogen-bond acceptors (Lipinski definition) is 4. The molecule has 1 heterocycles. The van der Waals surface area contributed by atoms with Crippen molar-refractivity contribution in [2.45, 2.75) is 32.3 Å². The third kappa shape index (κ3) is 5.03. The van der Waals surface area contributed by atoms with E-state index in [0.717, 1.165) is 23.4 Å². The van der Waals surface area contributed by atoms with Crippen molar-refractivity contribution in [3.05, 3.63) is 59.7 Å². The quantitative estimate of drug-likeness (QED) is 0.760. The van der Waals surface area contributed by atoms with Gasteiger partial charge in [0, 0.05) is 12.1 Å². The van der Waals surface area contributed by atoms with Crippen molar-refractivity contribution >= 4 is 17.7 Å². The van der Waals surface area contributed by atoms with Crippen LogP contribution in [0.4, 0.5) is 10.5 Å². The second-order valence-electron chi connectivity index (χ2n) is 6.79. The van der Waals surface area contributed by atoms with Crippen molar-refractivity contribution in [3.63, 3.8) is 0 Å². The van der Waals surface area contributed by atoms with Crippen LogP contribution in [0.5, 0.6) is 5.75 Å². The SMILES string of the molecule is CCc1ccc(N2CC(CNC(=O)CCc3ccc(OC)cc3)OC2=O)cc1. The number of aryl methyl sites for hydroxylation is 2. The second-order valence-corrected chi connectivity index (χ2v) is 6.79. The molecule has 6 heteroatoms. The first-order valence-corrected chi connectivity index (χ1v) is 9.55. The van der Waals surface area contributed by atoms with Gasteiger partial charge in [0.2, 0.25) is 5.91 Å². The van der Waals surface area contributed by atoms with Gasteiger partial charge in [0.15, 0.2) is 0 Å². The van der Waals surface area contributed by atoms with Gasteiger partial charge in [-0.2, -0.15) is 0 Å². The Labute approximate surface area is 165 Å². The smallest absolute Gasteiger partial charge is 0.414 e. The van der Waals surface area contributed by atoms with E-state index in [1.165, 1.54) is 5.56 Å². The Morgan fingerprint density at radius 1 is 1.14 bits per heavy atom. The third-order valence-corrected chi connectivity index (χ3v) is 4.86. The van der Waals surface area contributed by atoms with Gasteiger partial charge in [-0.05, 0) is 48.2 Å². The molecular formula is C22H26N2O4. The lowest BCUT2D eigenvalue weighted by Gasteiger charge is -2.13. The van der Waals surface area contributed by atoms with E-state index in [1.54, 1.807) is 12.0 Å². The Bertz CT molecular complexity index is 802. The maximum atomic E-state index is 12.1. The molecule has 1 atom stereocenters. The maximum absolute atomic E-state index is 12.1. The number of carbonyl (C=O) groups is 2. The molecule has 0 aromatic heterocycles. The number of carbonyl (C=O) groups excluding carboxylic acids is 2. The molecule has 0 bridgehead atoms. The summed E-state index contributed by atoms with van der Waals surface area (Å²) in [6, 6.07) is 15.5. The van der Waals surface area contributed by atoms with Crippen LogP contribution in [0.1, 0.15) is 24.5 Å². The summed E-state index contributed by atoms with van der Waals surface area (Å²) in [4.78, 5) is 25.8. The first-order chi connectivity index (χ1) is 13.6. The Kier molecular flexibility index (Phi) is 6.53. The summed E-state index contributed by atoms with van der Waals surface area (Å²) in [6.45, 7) is 2.84. The molecule has 0 saturated carbocycles. The predicted molar refractivity (Wildman–Crippen MR) is 108 cm³/mol. The van der Waals surface area contributed by atoms with Crippen LogP contribution in [0.2, 0.25) is 0 Å². The Morgan fingerprint density at radius 3 is 2.46 bits per heavy atom. The van der Waals surface area contributed by atoms with Crippen LogP contribution in [0.3, 0.4) is 0 Å². The second kappa shape index (κ2) is 9.26. The number of cyclic esters (lactones) is 1. The fraction of sp³-hybridized carbons (Fsp3) is 0.364. The average molecular weight is 382 g/mol. The van der Waals surface area contributed by atoms with Gasteiger partial charge in [-0.25, -0.2) is 4.79 Å². The summed E-state index contributed by atoms with van der Waals surface area (Å²) in [5.41, 5.74) is 3.11. The first kappa shape index (κ1) is 19.7. The highest BCUT2D eigenvalue weighted by Crippen LogP contribution is 2.22. The molecule has 0 aliphatic carbocycles. The largest absolute Gasteiger partial charge is 0.497 e. The predicted octanol–water partition coefficient (Wildman–Crippen LogP) is 3.33. The summed E-state index contributed by atoms with van der Waals surface area (Å²) >= 11 is 0. The highest BCUT2D eigenvalue weighted by molar-refractivity contribution is 5.89. The third-order valence-electron chi connectivity index (χ3n) is 4.86. The van der Waals surface area contributed by atoms with E-state index in [2.05, 4.69) is 12.2 Å². The van der Waals surface area contributed by atoms with E-state index in [9.17, 15) is 9.59 Å². The molecule has 3 rings (SSSR count). The standard InChI is InChI=1S/C22H26N2O4/c1-3-16-4-9-18(10-5-16)24-15-20(28-22(24)26)14-23-21(25)13-8-17-6-11-19(27-2)12-7-17/h4-7,9-12,20H,3,8,13-15H2,1-2H3,(H,23,25). The molecule has 6 nitrogen and oxygen atoms in total. The monoisotopic (exact) mass is 382 g/mol. The van der Waals surface area contributed by atoms with Gasteiger partial charge in [0.1, 0.15) is 11.9 Å². The molecule has 0 spiro atoms. The molecule has 1 unspecified atom stereocenters. The minimum absolute atomic E-state index is 0.0578. The van der Waals surface area contributed by atoms with Gasteiger partial charge >= 0.3 is 6.09 Å². The van der Waals surface area contributed by atoms with Crippen LogP contribution in [0.25, 0.3) is 0 Å². The van der Waals surface area contributed by atoms with Gasteiger partial charge in [0.05, 0.1) is 20.2 Å². The van der Waals surface area contributed by atoms with Gasteiger partial charge in [-0.3, -0.25) is 9.69 Å². The number of anilines is 1. The highest BCUT2D eigenvalue weighted by Gasteiger charge is 2.32. The molecule has 1 aliphatic rings. The number of rotatable bonds is 8. The van der Waals surface area contributed by atoms with Crippen LogP contribution in [-0.2, 0) is 22.4 Å². The molecular weight excluding hydrogens is 356 g/mol. The van der Waals surface area contributed by atoms with Gasteiger partial charge in [-0.1, -0.05) is 31.2 Å². The number of methoxy groups -OCH3 is 1. The van der Waals surface area contributed by atoms with Crippen molar-refractivity contribution in [1.29, 1.82) is 0 Å². The average Bonchev–Trinajstić information content (AvgIpc) is 3.11. The molecule has 2 amide bonds. The zero-order valence-electron chi connectivity index (χ0n) is 16.3. The van der Waals surface area contributed by atoms with Crippen molar-refractivity contribution in [2.24, 2.45) is 0 Å². The summed E-state index contributed by atoms with van der Waals surface area (Å²) in [5, 5.41) is 2.86. The molecule has 1 saturated heterocycles. The van der Waals surface area contributed by atoms with E-state index in [-0.39, 0.29) is 18.1 Å². The molecule has 1 fully saturated rings. The molecule has 2 aromatic rings. The van der Waals surface area contributed by atoms with Crippen LogP contribution in [0, 0.1) is 0 Å². The van der Waals surface area contributed by atoms with E-state index >= 15 is 0 Å². The van der Waals surface area contributed by atoms with Gasteiger partial charge in [0.25, 0.3) is 0 Å². The van der Waals surface area contributed by atoms with E-state index in [1.807, 2.05) is 48.5 Å². The Morgan fingerprint density at radius 2 is 1.82 bits per heavy atom. The number of hydrogen-bond donors (Lipinski definition) is 1. The lowest BCUT2D eigenvalue weighted by molar-refractivity contribution is -0.121. The normalized spacial score (nSPS) is 16.0. The number of nitrogens with one attached hydrogen (secondary N) is 1. The molecule has 1 aliphatic heterocycles. The lowest BCUT2D eigenvalue weighted by atomic mass is 10.1. The molecule has 1 N–H and O–H groups in total. The topological polar surface area (TPSA) is 67.9 Å². The van der Waals surface area contributed by atoms with Crippen LogP contribution in [0.15, 0.2) is 48.5 Å². The molecule has 28 heavy (non-hydrogen) atoms. The van der Waals surface area contributed by atoms with Crippen LogP contribution in [-0.4, -0.2) is 38.3 Å². The Balaban J connectivity index is 1.44. The first-order valence-electron chi connectivity index (χ1n) is 9.55. The zero-order chi connectivity index (χ0) is 19.9. The van der Waals surface area contributed by atoms with Crippen molar-refractivity contribution < 1.29 is 19.1 Å². The fourth-order valence-electron chi connectivity index (χ4n) is 3.12. The van der Waals surface area contributed by atoms with Crippen molar-refractivity contribution in [3.8, 4) is 5.75 Å². The number of benzene rings is 2. The highest BCUT2D eigenvalue weighted by atomic mass is 16.6. The van der Waals surface area contributed by atoms with Gasteiger partial charge in [-0.15, -0.1) is 0 Å². The van der Waals surface area contributed by atoms with Crippen molar-refractivity contribution in [1.82, 2.24) is 5.32 Å². The molecule has 0 radical (unpaired) electrons. The van der Waals surface area contributed by atoms with Gasteiger partial charge < -0.3 is 14.8 Å². The number of amides is 2. The molecule has 2 aromatic carbocycles. The van der Waals surface area contributed by atoms with Crippen LogP contribution < -0.4 is 15.0 Å². The zero-order valence-corrected chi connectivity index (χ0v) is 16.3. The van der Waals surface area contributed by atoms with E-state index < -0.39 is 0 Å². The fourth-order valence-corrected chi connectivity index (χ4v) is 3.12. The molecule has 148 valence electrons. The minimum Gasteiger partial charge on any atom is -0.497 e. The number of ether oxygens (including phenoxy) is 2. The van der Waals surface area contributed by atoms with E-state index in [0.29, 0.717) is 25.9 Å². The van der Waals surface area contributed by atoms with Crippen LogP contribution >= 0.6 is 0 Å². The van der Waals surface area contributed by atoms with E-state index in [4.69, 9.17) is 9.47 Å². The Hall–Kier alpha value is -3.02. The lowest BCUT2D eigenvalue weighted by Crippen LogP contribution is -2.34. The summed E-state index contributed by atoms with van der Waals surface area (Å²) in [7, 11) is 1.62. The summed E-state index contributed by atoms with van der Waals surface area (Å²) in [6.07, 6.45) is 1.27. The summed E-state index contributed by atoms with van der Waals surface area (Å²) < 4.78 is 10.5. The summed E-state index contributed by atoms with van der Waals surface area (Å²) in [5.74, 6) is 0.739. The number of nitrogens with zero attached hydrogens (tertiary/aromatic N) is 1. The van der Waals surface area contributed by atoms with Crippen molar-refractivity contribution in [2.75, 3.05) is 25.1 Å². The maximum Gasteiger partial charge on any atom is 0.414 e.